The molecule has 1 heterocycles. The molecule has 0 unspecified atom stereocenters. The number of hydrogen-bond donors (Lipinski definition) is 2. The fraction of sp³-hybridized carbons (Fsp3) is 0.348. The quantitative estimate of drug-likeness (QED) is 0.668. The van der Waals surface area contributed by atoms with Crippen LogP contribution in [-0.4, -0.2) is 21.5 Å². The van der Waals surface area contributed by atoms with Gasteiger partial charge >= 0.3 is 5.69 Å². The summed E-state index contributed by atoms with van der Waals surface area (Å²) in [4.78, 5) is 29.7. The fourth-order valence-electron chi connectivity index (χ4n) is 4.04. The number of fused-ring (bicyclic) bond motifs is 1. The lowest BCUT2D eigenvalue weighted by atomic mass is 10.1. The number of nitrogens with one attached hydrogen (secondary N) is 2. The Morgan fingerprint density at radius 1 is 1.10 bits per heavy atom. The normalized spacial score (nSPS) is 14.2. The lowest BCUT2D eigenvalue weighted by Gasteiger charge is -2.17. The van der Waals surface area contributed by atoms with Gasteiger partial charge < -0.3 is 10.6 Å². The van der Waals surface area contributed by atoms with Gasteiger partial charge in [-0.2, -0.15) is 4.98 Å². The van der Waals surface area contributed by atoms with E-state index in [9.17, 15) is 9.59 Å². The number of nitrogens with zero attached hydrogens (tertiary/aromatic N) is 2. The van der Waals surface area contributed by atoms with Crippen LogP contribution in [0.5, 0.6) is 0 Å². The number of carbonyl (C=O) groups is 1. The van der Waals surface area contributed by atoms with Crippen molar-refractivity contribution in [1.29, 1.82) is 0 Å². The molecule has 0 saturated heterocycles. The Morgan fingerprint density at radius 2 is 1.83 bits per heavy atom. The molecule has 4 rings (SSSR count). The Labute approximate surface area is 170 Å². The molecule has 0 radical (unpaired) electrons. The monoisotopic (exact) mass is 390 g/mol. The maximum atomic E-state index is 12.8. The highest BCUT2D eigenvalue weighted by molar-refractivity contribution is 5.94. The molecule has 6 nitrogen and oxygen atoms in total. The van der Waals surface area contributed by atoms with Crippen LogP contribution in [0, 0.1) is 0 Å². The molecule has 150 valence electrons. The summed E-state index contributed by atoms with van der Waals surface area (Å²) in [5.41, 5.74) is 2.15. The second-order valence-electron chi connectivity index (χ2n) is 7.53. The molecular formula is C23H26N4O2. The molecule has 0 aliphatic heterocycles. The maximum absolute atomic E-state index is 12.8. The molecule has 0 spiro atoms. The SMILES string of the molecule is CCc1ccccc1NC(=O)Cn1c(=O)nc(NC2CCCC2)c2ccccc21. The minimum Gasteiger partial charge on any atom is -0.367 e. The number of carbonyl (C=O) groups excluding carboxylic acids is 1. The van der Waals surface area contributed by atoms with Crippen LogP contribution >= 0.6 is 0 Å². The van der Waals surface area contributed by atoms with Gasteiger partial charge in [0.2, 0.25) is 5.91 Å². The van der Waals surface area contributed by atoms with Crippen LogP contribution in [-0.2, 0) is 17.8 Å². The summed E-state index contributed by atoms with van der Waals surface area (Å²) in [7, 11) is 0. The summed E-state index contributed by atoms with van der Waals surface area (Å²) >= 11 is 0. The number of aryl methyl sites for hydroxylation is 1. The average Bonchev–Trinajstić information content (AvgIpc) is 3.24. The van der Waals surface area contributed by atoms with Crippen LogP contribution in [0.1, 0.15) is 38.2 Å². The topological polar surface area (TPSA) is 76.0 Å². The first-order valence-electron chi connectivity index (χ1n) is 10.3. The van der Waals surface area contributed by atoms with Crippen molar-refractivity contribution in [3.63, 3.8) is 0 Å². The van der Waals surface area contributed by atoms with Crippen molar-refractivity contribution in [3.8, 4) is 0 Å². The van der Waals surface area contributed by atoms with Crippen LogP contribution in [0.2, 0.25) is 0 Å². The molecule has 2 aromatic carbocycles. The first-order valence-corrected chi connectivity index (χ1v) is 10.3. The first kappa shape index (κ1) is 19.2. The molecule has 1 aromatic heterocycles. The molecule has 3 aromatic rings. The molecule has 0 atom stereocenters. The Bertz CT molecular complexity index is 1080. The van der Waals surface area contributed by atoms with Gasteiger partial charge in [0.25, 0.3) is 0 Å². The van der Waals surface area contributed by atoms with Gasteiger partial charge in [-0.3, -0.25) is 9.36 Å². The predicted octanol–water partition coefficient (Wildman–Crippen LogP) is 3.95. The summed E-state index contributed by atoms with van der Waals surface area (Å²) in [6.45, 7) is 1.97. The highest BCUT2D eigenvalue weighted by Gasteiger charge is 2.18. The predicted molar refractivity (Wildman–Crippen MR) is 116 cm³/mol. The standard InChI is InChI=1S/C23H26N4O2/c1-2-16-9-3-7-13-19(16)25-21(28)15-27-20-14-8-6-12-18(20)22(26-23(27)29)24-17-10-4-5-11-17/h3,6-9,12-14,17H,2,4-5,10-11,15H2,1H3,(H,25,28)(H,24,26,29). The summed E-state index contributed by atoms with van der Waals surface area (Å²) in [5.74, 6) is 0.377. The van der Waals surface area contributed by atoms with Crippen LogP contribution in [0.25, 0.3) is 10.9 Å². The number of anilines is 2. The van der Waals surface area contributed by atoms with Crippen LogP contribution in [0.15, 0.2) is 53.3 Å². The van der Waals surface area contributed by atoms with E-state index in [-0.39, 0.29) is 12.5 Å². The molecule has 29 heavy (non-hydrogen) atoms. The maximum Gasteiger partial charge on any atom is 0.350 e. The van der Waals surface area contributed by atoms with Crippen molar-refractivity contribution in [3.05, 3.63) is 64.6 Å². The number of benzene rings is 2. The van der Waals surface area contributed by atoms with Crippen LogP contribution in [0.4, 0.5) is 11.5 Å². The zero-order valence-corrected chi connectivity index (χ0v) is 16.6. The second-order valence-corrected chi connectivity index (χ2v) is 7.53. The smallest absolute Gasteiger partial charge is 0.350 e. The molecule has 1 saturated carbocycles. The van der Waals surface area contributed by atoms with Crippen LogP contribution < -0.4 is 16.3 Å². The van der Waals surface area contributed by atoms with E-state index in [2.05, 4.69) is 15.6 Å². The summed E-state index contributed by atoms with van der Waals surface area (Å²) in [6.07, 6.45) is 5.41. The molecule has 1 fully saturated rings. The number of aromatic nitrogens is 2. The third-order valence-corrected chi connectivity index (χ3v) is 5.56. The average molecular weight is 390 g/mol. The summed E-state index contributed by atoms with van der Waals surface area (Å²) in [5, 5.41) is 7.23. The minimum absolute atomic E-state index is 0.0753. The van der Waals surface area contributed by atoms with Crippen molar-refractivity contribution < 1.29 is 4.79 Å². The van der Waals surface area contributed by atoms with E-state index in [1.54, 1.807) is 0 Å². The van der Waals surface area contributed by atoms with Gasteiger partial charge in [0.1, 0.15) is 12.4 Å². The van der Waals surface area contributed by atoms with Crippen LogP contribution in [0.3, 0.4) is 0 Å². The minimum atomic E-state index is -0.414. The Balaban J connectivity index is 1.63. The molecular weight excluding hydrogens is 364 g/mol. The Hall–Kier alpha value is -3.15. The van der Waals surface area contributed by atoms with Gasteiger partial charge in [-0.05, 0) is 43.0 Å². The zero-order chi connectivity index (χ0) is 20.2. The lowest BCUT2D eigenvalue weighted by Crippen LogP contribution is -2.31. The lowest BCUT2D eigenvalue weighted by molar-refractivity contribution is -0.116. The highest BCUT2D eigenvalue weighted by atomic mass is 16.2. The number of hydrogen-bond acceptors (Lipinski definition) is 4. The van der Waals surface area contributed by atoms with E-state index in [0.717, 1.165) is 35.9 Å². The third kappa shape index (κ3) is 4.16. The molecule has 6 heteroatoms. The van der Waals surface area contributed by atoms with E-state index in [0.29, 0.717) is 17.4 Å². The van der Waals surface area contributed by atoms with E-state index in [1.807, 2.05) is 55.5 Å². The summed E-state index contributed by atoms with van der Waals surface area (Å²) < 4.78 is 1.44. The molecule has 2 N–H and O–H groups in total. The Kier molecular flexibility index (Phi) is 5.60. The van der Waals surface area contributed by atoms with Gasteiger partial charge in [0, 0.05) is 17.1 Å². The number of rotatable bonds is 6. The van der Waals surface area contributed by atoms with E-state index in [1.165, 1.54) is 17.4 Å². The first-order chi connectivity index (χ1) is 14.2. The van der Waals surface area contributed by atoms with Gasteiger partial charge in [-0.15, -0.1) is 0 Å². The largest absolute Gasteiger partial charge is 0.367 e. The van der Waals surface area contributed by atoms with Crippen molar-refractivity contribution in [2.75, 3.05) is 10.6 Å². The zero-order valence-electron chi connectivity index (χ0n) is 16.6. The van der Waals surface area contributed by atoms with Crippen molar-refractivity contribution in [2.45, 2.75) is 51.6 Å². The van der Waals surface area contributed by atoms with E-state index < -0.39 is 5.69 Å². The van der Waals surface area contributed by atoms with Crippen molar-refractivity contribution >= 4 is 28.3 Å². The van der Waals surface area contributed by atoms with Gasteiger partial charge in [-0.1, -0.05) is 50.1 Å². The molecule has 1 aliphatic rings. The number of amides is 1. The second kappa shape index (κ2) is 8.47. The Morgan fingerprint density at radius 3 is 2.62 bits per heavy atom. The molecule has 1 amide bonds. The van der Waals surface area contributed by atoms with E-state index >= 15 is 0 Å². The molecule has 1 aliphatic carbocycles. The van der Waals surface area contributed by atoms with Crippen molar-refractivity contribution in [2.24, 2.45) is 0 Å². The third-order valence-electron chi connectivity index (χ3n) is 5.56. The summed E-state index contributed by atoms with van der Waals surface area (Å²) in [6, 6.07) is 15.7. The highest BCUT2D eigenvalue weighted by Crippen LogP contribution is 2.25. The molecule has 0 bridgehead atoms. The van der Waals surface area contributed by atoms with Gasteiger partial charge in [0.05, 0.1) is 5.52 Å². The van der Waals surface area contributed by atoms with Crippen molar-refractivity contribution in [1.82, 2.24) is 9.55 Å². The van der Waals surface area contributed by atoms with Gasteiger partial charge in [0.15, 0.2) is 0 Å². The van der Waals surface area contributed by atoms with Gasteiger partial charge in [-0.25, -0.2) is 4.79 Å². The number of para-hydroxylation sites is 2. The van der Waals surface area contributed by atoms with E-state index in [4.69, 9.17) is 0 Å². The fourth-order valence-corrected chi connectivity index (χ4v) is 4.04.